The Kier molecular flexibility index (Phi) is 6.84. The number of anilines is 2. The van der Waals surface area contributed by atoms with Crippen LogP contribution in [0.5, 0.6) is 5.75 Å². The molecule has 29 heavy (non-hydrogen) atoms. The van der Waals surface area contributed by atoms with E-state index in [1.54, 1.807) is 34.9 Å². The quantitative estimate of drug-likeness (QED) is 0.759. The number of nitrogens with one attached hydrogen (secondary N) is 1. The second-order valence-corrected chi connectivity index (χ2v) is 7.56. The molecule has 0 radical (unpaired) electrons. The molecule has 1 aromatic carbocycles. The Balaban J connectivity index is 2.22. The molecule has 1 heterocycles. The van der Waals surface area contributed by atoms with Gasteiger partial charge in [0.15, 0.2) is 11.6 Å². The molecule has 0 fully saturated rings. The SMILES string of the molecule is CNc1cc(F)cc(-c2ncnc(N)c2OCCN(C)C(=O)OC(C)(C)C)c1C. The van der Waals surface area contributed by atoms with Gasteiger partial charge in [0.2, 0.25) is 0 Å². The van der Waals surface area contributed by atoms with E-state index in [1.807, 2.05) is 6.92 Å². The molecule has 1 amide bonds. The molecule has 0 atom stereocenters. The minimum Gasteiger partial charge on any atom is -0.486 e. The predicted octanol–water partition coefficient (Wildman–Crippen LogP) is 3.46. The number of nitrogens with two attached hydrogens (primary N) is 1. The van der Waals surface area contributed by atoms with Crippen LogP contribution in [-0.2, 0) is 4.74 Å². The van der Waals surface area contributed by atoms with Crippen molar-refractivity contribution in [2.75, 3.05) is 38.3 Å². The van der Waals surface area contributed by atoms with Crippen LogP contribution in [0, 0.1) is 12.7 Å². The summed E-state index contributed by atoms with van der Waals surface area (Å²) in [5.41, 5.74) is 7.75. The zero-order chi connectivity index (χ0) is 21.8. The normalized spacial score (nSPS) is 11.1. The van der Waals surface area contributed by atoms with Crippen LogP contribution in [-0.4, -0.2) is 53.8 Å². The van der Waals surface area contributed by atoms with Crippen molar-refractivity contribution in [3.63, 3.8) is 0 Å². The van der Waals surface area contributed by atoms with Crippen molar-refractivity contribution >= 4 is 17.6 Å². The van der Waals surface area contributed by atoms with Gasteiger partial charge in [-0.2, -0.15) is 0 Å². The van der Waals surface area contributed by atoms with E-state index in [0.717, 1.165) is 5.56 Å². The molecule has 2 aromatic rings. The van der Waals surface area contributed by atoms with E-state index in [4.69, 9.17) is 15.2 Å². The lowest BCUT2D eigenvalue weighted by atomic mass is 10.0. The number of nitrogen functional groups attached to an aromatic ring is 1. The number of benzene rings is 1. The third kappa shape index (κ3) is 5.69. The minimum atomic E-state index is -0.586. The molecule has 1 aromatic heterocycles. The zero-order valence-corrected chi connectivity index (χ0v) is 17.7. The van der Waals surface area contributed by atoms with Crippen LogP contribution in [0.25, 0.3) is 11.3 Å². The highest BCUT2D eigenvalue weighted by Crippen LogP contribution is 2.36. The molecule has 8 nitrogen and oxygen atoms in total. The lowest BCUT2D eigenvalue weighted by Gasteiger charge is -2.24. The van der Waals surface area contributed by atoms with Gasteiger partial charge in [0.05, 0.1) is 6.54 Å². The third-order valence-corrected chi connectivity index (χ3v) is 4.11. The van der Waals surface area contributed by atoms with Crippen molar-refractivity contribution in [1.82, 2.24) is 14.9 Å². The van der Waals surface area contributed by atoms with Crippen molar-refractivity contribution < 1.29 is 18.7 Å². The van der Waals surface area contributed by atoms with Crippen molar-refractivity contribution in [3.8, 4) is 17.0 Å². The molecule has 0 aliphatic rings. The monoisotopic (exact) mass is 405 g/mol. The lowest BCUT2D eigenvalue weighted by molar-refractivity contribution is 0.0278. The first kappa shape index (κ1) is 22.2. The summed E-state index contributed by atoms with van der Waals surface area (Å²) in [6, 6.07) is 2.78. The van der Waals surface area contributed by atoms with Gasteiger partial charge in [-0.05, 0) is 45.4 Å². The van der Waals surface area contributed by atoms with Gasteiger partial charge in [0.25, 0.3) is 0 Å². The van der Waals surface area contributed by atoms with Gasteiger partial charge in [-0.15, -0.1) is 0 Å². The van der Waals surface area contributed by atoms with E-state index in [1.165, 1.54) is 23.4 Å². The summed E-state index contributed by atoms with van der Waals surface area (Å²) >= 11 is 0. The number of carbonyl (C=O) groups is 1. The number of rotatable bonds is 6. The molecule has 0 spiro atoms. The fraction of sp³-hybridized carbons (Fsp3) is 0.450. The van der Waals surface area contributed by atoms with E-state index < -0.39 is 17.5 Å². The molecule has 3 N–H and O–H groups in total. The van der Waals surface area contributed by atoms with Gasteiger partial charge in [-0.3, -0.25) is 0 Å². The van der Waals surface area contributed by atoms with E-state index in [2.05, 4.69) is 15.3 Å². The van der Waals surface area contributed by atoms with Gasteiger partial charge in [-0.25, -0.2) is 19.2 Å². The van der Waals surface area contributed by atoms with Crippen LogP contribution in [0.2, 0.25) is 0 Å². The lowest BCUT2D eigenvalue weighted by Crippen LogP contribution is -2.36. The molecular weight excluding hydrogens is 377 g/mol. The van der Waals surface area contributed by atoms with Gasteiger partial charge in [0, 0.05) is 25.3 Å². The maximum atomic E-state index is 14.1. The Labute approximate surface area is 170 Å². The number of aromatic nitrogens is 2. The number of nitrogens with zero attached hydrogens (tertiary/aromatic N) is 3. The first-order valence-corrected chi connectivity index (χ1v) is 9.19. The molecule has 9 heteroatoms. The minimum absolute atomic E-state index is 0.129. The van der Waals surface area contributed by atoms with Crippen molar-refractivity contribution in [3.05, 3.63) is 29.8 Å². The molecule has 158 valence electrons. The molecular formula is C20H28FN5O3. The summed E-state index contributed by atoms with van der Waals surface area (Å²) in [7, 11) is 3.32. The molecule has 0 unspecified atom stereocenters. The van der Waals surface area contributed by atoms with Gasteiger partial charge in [-0.1, -0.05) is 0 Å². The van der Waals surface area contributed by atoms with Crippen molar-refractivity contribution in [2.45, 2.75) is 33.3 Å². The van der Waals surface area contributed by atoms with E-state index >= 15 is 0 Å². The standard InChI is InChI=1S/C20H28FN5O3/c1-12-14(9-13(21)10-15(12)23-5)16-17(18(22)25-11-24-16)28-8-7-26(6)19(27)29-20(2,3)4/h9-11,23H,7-8H2,1-6H3,(H2,22,24,25). The maximum Gasteiger partial charge on any atom is 0.410 e. The summed E-state index contributed by atoms with van der Waals surface area (Å²) in [4.78, 5) is 21.7. The topological polar surface area (TPSA) is 103 Å². The molecule has 0 aliphatic heterocycles. The van der Waals surface area contributed by atoms with Crippen LogP contribution in [0.4, 0.5) is 20.7 Å². The first-order valence-electron chi connectivity index (χ1n) is 9.19. The average Bonchev–Trinajstić information content (AvgIpc) is 2.63. The van der Waals surface area contributed by atoms with Crippen LogP contribution < -0.4 is 15.8 Å². The Bertz CT molecular complexity index is 883. The van der Waals surface area contributed by atoms with Gasteiger partial charge < -0.3 is 25.4 Å². The number of halogens is 1. The van der Waals surface area contributed by atoms with Crippen LogP contribution in [0.1, 0.15) is 26.3 Å². The second kappa shape index (κ2) is 8.93. The molecule has 0 saturated heterocycles. The highest BCUT2D eigenvalue weighted by atomic mass is 19.1. The molecule has 2 rings (SSSR count). The Morgan fingerprint density at radius 2 is 2.00 bits per heavy atom. The fourth-order valence-electron chi connectivity index (χ4n) is 2.62. The molecule has 0 bridgehead atoms. The maximum absolute atomic E-state index is 14.1. The highest BCUT2D eigenvalue weighted by Gasteiger charge is 2.21. The molecule has 0 saturated carbocycles. The van der Waals surface area contributed by atoms with Crippen LogP contribution >= 0.6 is 0 Å². The average molecular weight is 405 g/mol. The number of hydrogen-bond acceptors (Lipinski definition) is 7. The summed E-state index contributed by atoms with van der Waals surface area (Å²) in [6.07, 6.45) is 0.839. The summed E-state index contributed by atoms with van der Waals surface area (Å²) < 4.78 is 25.2. The first-order chi connectivity index (χ1) is 13.5. The van der Waals surface area contributed by atoms with Crippen LogP contribution in [0.3, 0.4) is 0 Å². The Morgan fingerprint density at radius 3 is 2.62 bits per heavy atom. The second-order valence-electron chi connectivity index (χ2n) is 7.56. The number of carbonyl (C=O) groups excluding carboxylic acids is 1. The largest absolute Gasteiger partial charge is 0.486 e. The summed E-state index contributed by atoms with van der Waals surface area (Å²) in [5.74, 6) is -0.0480. The Hall–Kier alpha value is -3.10. The van der Waals surface area contributed by atoms with E-state index in [9.17, 15) is 9.18 Å². The van der Waals surface area contributed by atoms with Gasteiger partial charge >= 0.3 is 6.09 Å². The smallest absolute Gasteiger partial charge is 0.410 e. The van der Waals surface area contributed by atoms with E-state index in [-0.39, 0.29) is 24.7 Å². The third-order valence-electron chi connectivity index (χ3n) is 4.11. The molecule has 0 aliphatic carbocycles. The van der Waals surface area contributed by atoms with Crippen LogP contribution in [0.15, 0.2) is 18.5 Å². The summed E-state index contributed by atoms with van der Waals surface area (Å²) in [5, 5.41) is 2.96. The van der Waals surface area contributed by atoms with E-state index in [0.29, 0.717) is 16.9 Å². The number of ether oxygens (including phenoxy) is 2. The van der Waals surface area contributed by atoms with Crippen molar-refractivity contribution in [2.24, 2.45) is 0 Å². The number of hydrogen-bond donors (Lipinski definition) is 2. The predicted molar refractivity (Wildman–Crippen MR) is 110 cm³/mol. The number of likely N-dealkylation sites (N-methyl/N-ethyl adjacent to an activating group) is 1. The number of amides is 1. The summed E-state index contributed by atoms with van der Waals surface area (Å²) in [6.45, 7) is 7.62. The fourth-order valence-corrected chi connectivity index (χ4v) is 2.62. The Morgan fingerprint density at radius 1 is 1.31 bits per heavy atom. The zero-order valence-electron chi connectivity index (χ0n) is 17.7. The van der Waals surface area contributed by atoms with Gasteiger partial charge in [0.1, 0.15) is 30.0 Å². The van der Waals surface area contributed by atoms with Crippen molar-refractivity contribution in [1.29, 1.82) is 0 Å². The highest BCUT2D eigenvalue weighted by molar-refractivity contribution is 5.78.